The number of H-pyrrole nitrogens is 1. The lowest BCUT2D eigenvalue weighted by Gasteiger charge is -2.09. The summed E-state index contributed by atoms with van der Waals surface area (Å²) in [7, 11) is 1.60. The van der Waals surface area contributed by atoms with E-state index in [1.54, 1.807) is 31.4 Å². The number of para-hydroxylation sites is 1. The first-order valence-electron chi connectivity index (χ1n) is 9.58. The maximum Gasteiger partial charge on any atom is 0.274 e. The fourth-order valence-electron chi connectivity index (χ4n) is 3.23. The molecule has 2 amide bonds. The highest BCUT2D eigenvalue weighted by Crippen LogP contribution is 2.30. The van der Waals surface area contributed by atoms with Gasteiger partial charge in [-0.15, -0.1) is 0 Å². The number of primary amides is 1. The molecule has 6 N–H and O–H groups in total. The van der Waals surface area contributed by atoms with Crippen molar-refractivity contribution >= 4 is 40.3 Å². The van der Waals surface area contributed by atoms with Crippen LogP contribution in [0.4, 0.5) is 5.82 Å². The van der Waals surface area contributed by atoms with E-state index in [0.717, 1.165) is 22.2 Å². The summed E-state index contributed by atoms with van der Waals surface area (Å²) in [4.78, 5) is 36.6. The summed E-state index contributed by atoms with van der Waals surface area (Å²) in [6.07, 6.45) is 3.26. The number of aromatic amines is 1. The Bertz CT molecular complexity index is 1320. The Kier molecular flexibility index (Phi) is 5.95. The fourth-order valence-corrected chi connectivity index (χ4v) is 4.12. The zero-order chi connectivity index (χ0) is 22.7. The summed E-state index contributed by atoms with van der Waals surface area (Å²) in [5.74, 6) is -0.283. The number of aromatic nitrogens is 3. The SMILES string of the molecule is COc1cccc2c(CNC(=O)c3nc(Sc4ccccc4C(N)=O)cnc3N)c[nH]c12. The summed E-state index contributed by atoms with van der Waals surface area (Å²) in [6.45, 7) is 0.259. The Balaban J connectivity index is 1.53. The van der Waals surface area contributed by atoms with Gasteiger partial charge >= 0.3 is 0 Å². The van der Waals surface area contributed by atoms with Gasteiger partial charge in [-0.1, -0.05) is 36.0 Å². The third-order valence-corrected chi connectivity index (χ3v) is 5.76. The van der Waals surface area contributed by atoms with E-state index in [-0.39, 0.29) is 18.1 Å². The van der Waals surface area contributed by atoms with Crippen molar-refractivity contribution in [1.29, 1.82) is 0 Å². The molecule has 0 bridgehead atoms. The Hall–Kier alpha value is -4.05. The number of nitrogens with one attached hydrogen (secondary N) is 2. The van der Waals surface area contributed by atoms with Gasteiger partial charge < -0.3 is 26.5 Å². The maximum atomic E-state index is 12.8. The molecule has 2 aromatic heterocycles. The molecular weight excluding hydrogens is 428 g/mol. The molecular formula is C22H20N6O3S. The number of methoxy groups -OCH3 is 1. The van der Waals surface area contributed by atoms with Crippen LogP contribution >= 0.6 is 11.8 Å². The summed E-state index contributed by atoms with van der Waals surface area (Å²) < 4.78 is 5.35. The Morgan fingerprint density at radius 1 is 1.19 bits per heavy atom. The maximum absolute atomic E-state index is 12.8. The molecule has 0 saturated heterocycles. The van der Waals surface area contributed by atoms with E-state index >= 15 is 0 Å². The molecule has 9 nitrogen and oxygen atoms in total. The van der Waals surface area contributed by atoms with Crippen molar-refractivity contribution in [3.63, 3.8) is 0 Å². The van der Waals surface area contributed by atoms with Gasteiger partial charge in [0.2, 0.25) is 5.91 Å². The van der Waals surface area contributed by atoms with Gasteiger partial charge in [-0.25, -0.2) is 9.97 Å². The lowest BCUT2D eigenvalue weighted by Crippen LogP contribution is -2.25. The van der Waals surface area contributed by atoms with E-state index in [2.05, 4.69) is 20.3 Å². The molecule has 0 aliphatic carbocycles. The van der Waals surface area contributed by atoms with E-state index in [4.69, 9.17) is 16.2 Å². The number of nitrogens with zero attached hydrogens (tertiary/aromatic N) is 2. The molecule has 162 valence electrons. The lowest BCUT2D eigenvalue weighted by molar-refractivity contribution is 0.0944. The zero-order valence-electron chi connectivity index (χ0n) is 17.1. The highest BCUT2D eigenvalue weighted by atomic mass is 32.2. The molecule has 32 heavy (non-hydrogen) atoms. The molecule has 2 heterocycles. The lowest BCUT2D eigenvalue weighted by atomic mass is 10.1. The van der Waals surface area contributed by atoms with Crippen LogP contribution in [0.5, 0.6) is 5.75 Å². The molecule has 0 radical (unpaired) electrons. The largest absolute Gasteiger partial charge is 0.495 e. The number of carbonyl (C=O) groups is 2. The Labute approximate surface area is 187 Å². The van der Waals surface area contributed by atoms with Crippen LogP contribution < -0.4 is 21.5 Å². The number of hydrogen-bond donors (Lipinski definition) is 4. The van der Waals surface area contributed by atoms with Crippen LogP contribution in [0.2, 0.25) is 0 Å². The second-order valence-electron chi connectivity index (χ2n) is 6.78. The van der Waals surface area contributed by atoms with Crippen LogP contribution in [0.15, 0.2) is 64.8 Å². The van der Waals surface area contributed by atoms with Gasteiger partial charge in [-0.05, 0) is 23.8 Å². The van der Waals surface area contributed by atoms with Crippen molar-refractivity contribution in [3.8, 4) is 5.75 Å². The van der Waals surface area contributed by atoms with E-state index in [1.807, 2.05) is 24.4 Å². The highest BCUT2D eigenvalue weighted by Gasteiger charge is 2.17. The van der Waals surface area contributed by atoms with E-state index in [1.165, 1.54) is 18.0 Å². The van der Waals surface area contributed by atoms with Crippen LogP contribution in [0, 0.1) is 0 Å². The second-order valence-corrected chi connectivity index (χ2v) is 7.85. The minimum absolute atomic E-state index is 0.00368. The first kappa shape index (κ1) is 21.2. The number of hydrogen-bond acceptors (Lipinski definition) is 7. The van der Waals surface area contributed by atoms with Crippen LogP contribution in [0.25, 0.3) is 10.9 Å². The summed E-state index contributed by atoms with van der Waals surface area (Å²) in [5, 5.41) is 4.18. The Morgan fingerprint density at radius 2 is 2.00 bits per heavy atom. The minimum Gasteiger partial charge on any atom is -0.495 e. The van der Waals surface area contributed by atoms with Crippen LogP contribution in [0.1, 0.15) is 26.4 Å². The molecule has 0 atom stereocenters. The number of rotatable bonds is 7. The Morgan fingerprint density at radius 3 is 2.78 bits per heavy atom. The molecule has 0 spiro atoms. The second kappa shape index (κ2) is 8.98. The molecule has 0 saturated carbocycles. The number of benzene rings is 2. The van der Waals surface area contributed by atoms with Gasteiger partial charge in [-0.2, -0.15) is 0 Å². The number of fused-ring (bicyclic) bond motifs is 1. The van der Waals surface area contributed by atoms with Crippen LogP contribution in [-0.2, 0) is 6.54 Å². The fraction of sp³-hybridized carbons (Fsp3) is 0.0909. The van der Waals surface area contributed by atoms with Crippen LogP contribution in [0.3, 0.4) is 0 Å². The summed E-state index contributed by atoms with van der Waals surface area (Å²) in [5.41, 5.74) is 13.4. The number of nitrogen functional groups attached to an aromatic ring is 1. The molecule has 0 aliphatic rings. The monoisotopic (exact) mass is 448 g/mol. The standard InChI is InChI=1S/C22H20N6O3S/c1-31-15-7-4-6-13-12(9-25-18(13)15)10-27-22(30)19-20(23)26-11-17(28-19)32-16-8-3-2-5-14(16)21(24)29/h2-9,11,25H,10H2,1H3,(H2,23,26)(H2,24,29)(H,27,30). The molecule has 0 fully saturated rings. The van der Waals surface area contributed by atoms with E-state index in [9.17, 15) is 9.59 Å². The molecule has 4 rings (SSSR count). The summed E-state index contributed by atoms with van der Waals surface area (Å²) >= 11 is 1.18. The molecule has 0 unspecified atom stereocenters. The number of ether oxygens (including phenoxy) is 1. The topological polar surface area (TPSA) is 149 Å². The average molecular weight is 449 g/mol. The van der Waals surface area contributed by atoms with Crippen molar-refractivity contribution in [2.45, 2.75) is 16.5 Å². The van der Waals surface area contributed by atoms with Gasteiger partial charge in [0.1, 0.15) is 10.8 Å². The third kappa shape index (κ3) is 4.21. The summed E-state index contributed by atoms with van der Waals surface area (Å²) in [6, 6.07) is 12.6. The first-order valence-corrected chi connectivity index (χ1v) is 10.4. The van der Waals surface area contributed by atoms with Gasteiger partial charge in [-0.3, -0.25) is 9.59 Å². The van der Waals surface area contributed by atoms with Gasteiger partial charge in [0, 0.05) is 23.0 Å². The van der Waals surface area contributed by atoms with Crippen molar-refractivity contribution in [2.24, 2.45) is 5.73 Å². The van der Waals surface area contributed by atoms with Crippen molar-refractivity contribution in [2.75, 3.05) is 12.8 Å². The minimum atomic E-state index is -0.551. The highest BCUT2D eigenvalue weighted by molar-refractivity contribution is 7.99. The van der Waals surface area contributed by atoms with Crippen molar-refractivity contribution < 1.29 is 14.3 Å². The smallest absolute Gasteiger partial charge is 0.274 e. The average Bonchev–Trinajstić information content (AvgIpc) is 3.22. The zero-order valence-corrected chi connectivity index (χ0v) is 17.9. The van der Waals surface area contributed by atoms with E-state index in [0.29, 0.717) is 15.5 Å². The van der Waals surface area contributed by atoms with Crippen LogP contribution in [-0.4, -0.2) is 33.9 Å². The van der Waals surface area contributed by atoms with Gasteiger partial charge in [0.05, 0.1) is 24.4 Å². The number of anilines is 1. The third-order valence-electron chi connectivity index (χ3n) is 4.78. The number of nitrogens with two attached hydrogens (primary N) is 2. The normalized spacial score (nSPS) is 10.8. The van der Waals surface area contributed by atoms with Crippen molar-refractivity contribution in [3.05, 3.63) is 71.7 Å². The van der Waals surface area contributed by atoms with Gasteiger partial charge in [0.15, 0.2) is 11.5 Å². The first-order chi connectivity index (χ1) is 15.5. The van der Waals surface area contributed by atoms with E-state index < -0.39 is 11.8 Å². The predicted octanol–water partition coefficient (Wildman–Crippen LogP) is 2.73. The molecule has 0 aliphatic heterocycles. The molecule has 4 aromatic rings. The molecule has 2 aromatic carbocycles. The van der Waals surface area contributed by atoms with Crippen molar-refractivity contribution in [1.82, 2.24) is 20.3 Å². The molecule has 10 heteroatoms. The number of amides is 2. The quantitative estimate of drug-likeness (QED) is 0.339. The number of carbonyl (C=O) groups excluding carboxylic acids is 2. The predicted molar refractivity (Wildman–Crippen MR) is 122 cm³/mol. The van der Waals surface area contributed by atoms with Gasteiger partial charge in [0.25, 0.3) is 5.91 Å².